The van der Waals surface area contributed by atoms with Gasteiger partial charge in [0.2, 0.25) is 0 Å². The fourth-order valence-corrected chi connectivity index (χ4v) is 2.12. The lowest BCUT2D eigenvalue weighted by Gasteiger charge is -2.39. The topological polar surface area (TPSA) is 3.24 Å². The molecule has 1 rings (SSSR count). The molecule has 13 heavy (non-hydrogen) atoms. The Morgan fingerprint density at radius 2 is 2.08 bits per heavy atom. The van der Waals surface area contributed by atoms with Crippen LogP contribution in [0.5, 0.6) is 0 Å². The molecule has 0 unspecified atom stereocenters. The van der Waals surface area contributed by atoms with Crippen LogP contribution in [0.2, 0.25) is 0 Å². The average molecular weight is 191 g/mol. The van der Waals surface area contributed by atoms with Gasteiger partial charge in [-0.15, -0.1) is 0 Å². The van der Waals surface area contributed by atoms with Crippen LogP contribution in [-0.4, -0.2) is 30.5 Å². The van der Waals surface area contributed by atoms with E-state index >= 15 is 0 Å². The van der Waals surface area contributed by atoms with Crippen molar-refractivity contribution in [3.63, 3.8) is 0 Å². The summed E-state index contributed by atoms with van der Waals surface area (Å²) in [4.78, 5) is 1.83. The summed E-state index contributed by atoms with van der Waals surface area (Å²) in [6.45, 7) is 7.23. The van der Waals surface area contributed by atoms with Crippen molar-refractivity contribution in [2.75, 3.05) is 19.6 Å². The predicted molar refractivity (Wildman–Crippen MR) is 50.0 cm³/mol. The summed E-state index contributed by atoms with van der Waals surface area (Å²) in [5.41, 5.74) is 0. The molecule has 1 aliphatic heterocycles. The Balaban J connectivity index is 2.62. The molecular weight excluding hydrogens is 172 g/mol. The summed E-state index contributed by atoms with van der Waals surface area (Å²) in [6, 6.07) is 0. The molecule has 1 atom stereocenters. The Bertz CT molecular complexity index is 168. The number of piperidine rings is 1. The van der Waals surface area contributed by atoms with Crippen LogP contribution in [0, 0.1) is 11.8 Å². The maximum atomic E-state index is 13.5. The van der Waals surface area contributed by atoms with Crippen LogP contribution in [0.1, 0.15) is 27.2 Å². The highest BCUT2D eigenvalue weighted by Crippen LogP contribution is 2.37. The Morgan fingerprint density at radius 1 is 1.46 bits per heavy atom. The summed E-state index contributed by atoms with van der Waals surface area (Å²) in [6.07, 6.45) is 0.637. The summed E-state index contributed by atoms with van der Waals surface area (Å²) in [7, 11) is 0. The van der Waals surface area contributed by atoms with Crippen molar-refractivity contribution >= 4 is 0 Å². The number of hydrogen-bond acceptors (Lipinski definition) is 1. The van der Waals surface area contributed by atoms with Crippen LogP contribution in [0.25, 0.3) is 0 Å². The zero-order valence-corrected chi connectivity index (χ0v) is 8.69. The van der Waals surface area contributed by atoms with Crippen LogP contribution in [0.3, 0.4) is 0 Å². The van der Waals surface area contributed by atoms with E-state index in [4.69, 9.17) is 0 Å². The molecule has 1 fully saturated rings. The minimum atomic E-state index is -2.48. The molecule has 0 spiro atoms. The fraction of sp³-hybridized carbons (Fsp3) is 1.00. The van der Waals surface area contributed by atoms with E-state index in [1.807, 2.05) is 25.7 Å². The van der Waals surface area contributed by atoms with Crippen LogP contribution < -0.4 is 0 Å². The molecule has 0 saturated carbocycles. The van der Waals surface area contributed by atoms with Crippen molar-refractivity contribution in [1.82, 2.24) is 4.90 Å². The van der Waals surface area contributed by atoms with Gasteiger partial charge in [-0.2, -0.15) is 0 Å². The minimum absolute atomic E-state index is 0.0493. The molecule has 0 aliphatic carbocycles. The van der Waals surface area contributed by atoms with Gasteiger partial charge in [0.05, 0.1) is 6.54 Å². The quantitative estimate of drug-likeness (QED) is 0.648. The first kappa shape index (κ1) is 10.9. The monoisotopic (exact) mass is 191 g/mol. The number of likely N-dealkylation sites (tertiary alicyclic amines) is 1. The molecule has 0 aromatic heterocycles. The summed E-state index contributed by atoms with van der Waals surface area (Å²) in [5.74, 6) is -2.81. The van der Waals surface area contributed by atoms with E-state index in [0.717, 1.165) is 13.1 Å². The molecular formula is C10H19F2N. The third-order valence-electron chi connectivity index (χ3n) is 2.99. The minimum Gasteiger partial charge on any atom is -0.298 e. The molecule has 1 nitrogen and oxygen atoms in total. The van der Waals surface area contributed by atoms with Crippen LogP contribution in [-0.2, 0) is 0 Å². The Labute approximate surface area is 79.1 Å². The molecule has 0 bridgehead atoms. The van der Waals surface area contributed by atoms with Crippen molar-refractivity contribution in [2.24, 2.45) is 11.8 Å². The summed E-state index contributed by atoms with van der Waals surface area (Å²) in [5, 5.41) is 0. The zero-order chi connectivity index (χ0) is 10.1. The van der Waals surface area contributed by atoms with Gasteiger partial charge in [-0.1, -0.05) is 20.8 Å². The van der Waals surface area contributed by atoms with Crippen LogP contribution in [0.4, 0.5) is 8.78 Å². The molecule has 0 aromatic rings. The molecule has 0 N–H and O–H groups in total. The van der Waals surface area contributed by atoms with Crippen LogP contribution in [0.15, 0.2) is 0 Å². The molecule has 1 saturated heterocycles. The normalized spacial score (nSPS) is 29.5. The van der Waals surface area contributed by atoms with E-state index in [1.165, 1.54) is 0 Å². The van der Waals surface area contributed by atoms with Crippen molar-refractivity contribution in [3.05, 3.63) is 0 Å². The fourth-order valence-electron chi connectivity index (χ4n) is 2.12. The predicted octanol–water partition coefficient (Wildman–Crippen LogP) is 2.62. The van der Waals surface area contributed by atoms with E-state index in [0.29, 0.717) is 6.42 Å². The number of halogens is 2. The molecule has 1 aliphatic rings. The van der Waals surface area contributed by atoms with Gasteiger partial charge in [0.15, 0.2) is 0 Å². The Kier molecular flexibility index (Phi) is 3.28. The highest BCUT2D eigenvalue weighted by molar-refractivity contribution is 4.87. The van der Waals surface area contributed by atoms with Gasteiger partial charge in [0, 0.05) is 5.92 Å². The lowest BCUT2D eigenvalue weighted by molar-refractivity contribution is -0.124. The number of alkyl halides is 2. The maximum Gasteiger partial charge on any atom is 0.263 e. The highest BCUT2D eigenvalue weighted by Gasteiger charge is 2.45. The molecule has 3 heteroatoms. The lowest BCUT2D eigenvalue weighted by atomic mass is 9.83. The molecule has 0 radical (unpaired) electrons. The van der Waals surface area contributed by atoms with E-state index < -0.39 is 11.8 Å². The van der Waals surface area contributed by atoms with Crippen molar-refractivity contribution in [1.29, 1.82) is 0 Å². The number of rotatable bonds is 2. The van der Waals surface area contributed by atoms with Gasteiger partial charge in [-0.3, -0.25) is 4.90 Å². The van der Waals surface area contributed by atoms with Crippen molar-refractivity contribution in [2.45, 2.75) is 33.1 Å². The summed E-state index contributed by atoms with van der Waals surface area (Å²) >= 11 is 0. The second kappa shape index (κ2) is 3.91. The van der Waals surface area contributed by atoms with Crippen LogP contribution >= 0.6 is 0 Å². The van der Waals surface area contributed by atoms with E-state index in [2.05, 4.69) is 0 Å². The highest BCUT2D eigenvalue weighted by atomic mass is 19.3. The SMILES string of the molecule is CCN1CC[C@@H](C(C)C)C(F)(F)C1. The van der Waals surface area contributed by atoms with Gasteiger partial charge >= 0.3 is 0 Å². The number of nitrogens with zero attached hydrogens (tertiary/aromatic N) is 1. The van der Waals surface area contributed by atoms with Gasteiger partial charge < -0.3 is 0 Å². The third kappa shape index (κ3) is 2.39. The van der Waals surface area contributed by atoms with Gasteiger partial charge in [-0.05, 0) is 25.4 Å². The Morgan fingerprint density at radius 3 is 2.46 bits per heavy atom. The van der Waals surface area contributed by atoms with Crippen molar-refractivity contribution in [3.8, 4) is 0 Å². The molecule has 78 valence electrons. The molecule has 1 heterocycles. The van der Waals surface area contributed by atoms with Gasteiger partial charge in [0.1, 0.15) is 0 Å². The molecule has 0 aromatic carbocycles. The first-order valence-corrected chi connectivity index (χ1v) is 5.07. The largest absolute Gasteiger partial charge is 0.298 e. The van der Waals surface area contributed by atoms with Gasteiger partial charge in [-0.25, -0.2) is 8.78 Å². The first-order valence-electron chi connectivity index (χ1n) is 5.07. The standard InChI is InChI=1S/C10H19F2N/c1-4-13-6-5-9(8(2)3)10(11,12)7-13/h8-9H,4-7H2,1-3H3/t9-/m0/s1. The van der Waals surface area contributed by atoms with Gasteiger partial charge in [0.25, 0.3) is 5.92 Å². The van der Waals surface area contributed by atoms with E-state index in [1.54, 1.807) is 0 Å². The number of hydrogen-bond donors (Lipinski definition) is 0. The second-order valence-electron chi connectivity index (χ2n) is 4.27. The first-order chi connectivity index (χ1) is 5.97. The zero-order valence-electron chi connectivity index (χ0n) is 8.69. The second-order valence-corrected chi connectivity index (χ2v) is 4.27. The maximum absolute atomic E-state index is 13.5. The lowest BCUT2D eigenvalue weighted by Crippen LogP contribution is -2.49. The van der Waals surface area contributed by atoms with E-state index in [9.17, 15) is 8.78 Å². The van der Waals surface area contributed by atoms with E-state index in [-0.39, 0.29) is 12.5 Å². The summed E-state index contributed by atoms with van der Waals surface area (Å²) < 4.78 is 27.0. The molecule has 0 amide bonds. The third-order valence-corrected chi connectivity index (χ3v) is 2.99. The Hall–Kier alpha value is -0.180. The van der Waals surface area contributed by atoms with Crippen molar-refractivity contribution < 1.29 is 8.78 Å². The average Bonchev–Trinajstić information content (AvgIpc) is 2.01. The smallest absolute Gasteiger partial charge is 0.263 e.